The number of halogens is 1. The summed E-state index contributed by atoms with van der Waals surface area (Å²) >= 11 is 1.12. The second-order valence-corrected chi connectivity index (χ2v) is 10.2. The summed E-state index contributed by atoms with van der Waals surface area (Å²) in [4.78, 5) is -0.389. The molecule has 0 N–H and O–H groups in total. The molecule has 1 saturated heterocycles. The van der Waals surface area contributed by atoms with Crippen LogP contribution in [0.2, 0.25) is 0 Å². The van der Waals surface area contributed by atoms with E-state index in [1.807, 2.05) is 0 Å². The second kappa shape index (κ2) is 6.52. The first kappa shape index (κ1) is 17.5. The fraction of sp³-hybridized carbons (Fsp3) is 0.286. The van der Waals surface area contributed by atoms with Crippen LogP contribution in [0.5, 0.6) is 0 Å². The fourth-order valence-corrected chi connectivity index (χ4v) is 6.53. The van der Waals surface area contributed by atoms with Gasteiger partial charge in [-0.05, 0) is 23.6 Å². The monoisotopic (exact) mass is 390 g/mol. The Balaban J connectivity index is 1.77. The number of hydrogen-bond donors (Lipinski definition) is 0. The molecule has 0 unspecified atom stereocenters. The van der Waals surface area contributed by atoms with Gasteiger partial charge in [0, 0.05) is 26.2 Å². The van der Waals surface area contributed by atoms with Crippen molar-refractivity contribution in [2.45, 2.75) is 9.10 Å². The molecule has 24 heavy (non-hydrogen) atoms. The molecule has 130 valence electrons. The molecule has 1 aromatic heterocycles. The molecule has 0 bridgehead atoms. The Kier molecular flexibility index (Phi) is 4.76. The van der Waals surface area contributed by atoms with Crippen LogP contribution < -0.4 is 0 Å². The Morgan fingerprint density at radius 1 is 0.833 bits per heavy atom. The highest BCUT2D eigenvalue weighted by molar-refractivity contribution is 7.91. The lowest BCUT2D eigenvalue weighted by Crippen LogP contribution is -2.50. The minimum absolute atomic E-state index is 0.0126. The van der Waals surface area contributed by atoms with Crippen LogP contribution in [0.25, 0.3) is 0 Å². The molecule has 0 amide bonds. The van der Waals surface area contributed by atoms with E-state index in [4.69, 9.17) is 0 Å². The third-order valence-electron chi connectivity index (χ3n) is 3.74. The third kappa shape index (κ3) is 3.11. The Morgan fingerprint density at radius 2 is 1.42 bits per heavy atom. The largest absolute Gasteiger partial charge is 0.252 e. The van der Waals surface area contributed by atoms with Gasteiger partial charge in [0.25, 0.3) is 10.0 Å². The summed E-state index contributed by atoms with van der Waals surface area (Å²) in [6, 6.07) is 8.33. The van der Waals surface area contributed by atoms with Gasteiger partial charge in [-0.2, -0.15) is 8.61 Å². The SMILES string of the molecule is O=S(=O)(c1cccs1)N1CCN(S(=O)(=O)c2ccccc2F)CC1. The number of nitrogens with zero attached hydrogens (tertiary/aromatic N) is 2. The first-order chi connectivity index (χ1) is 11.3. The summed E-state index contributed by atoms with van der Waals surface area (Å²) in [6.45, 7) is 0.0460. The molecule has 0 saturated carbocycles. The van der Waals surface area contributed by atoms with E-state index in [1.165, 1.54) is 28.6 Å². The predicted molar refractivity (Wildman–Crippen MR) is 88.2 cm³/mol. The van der Waals surface area contributed by atoms with Crippen LogP contribution in [0.3, 0.4) is 0 Å². The number of piperazine rings is 1. The highest BCUT2D eigenvalue weighted by Crippen LogP contribution is 2.25. The van der Waals surface area contributed by atoms with Gasteiger partial charge in [-0.1, -0.05) is 18.2 Å². The van der Waals surface area contributed by atoms with Crippen molar-refractivity contribution in [1.82, 2.24) is 8.61 Å². The highest BCUT2D eigenvalue weighted by atomic mass is 32.2. The van der Waals surface area contributed by atoms with E-state index < -0.39 is 25.9 Å². The van der Waals surface area contributed by atoms with Gasteiger partial charge in [-0.3, -0.25) is 0 Å². The maximum absolute atomic E-state index is 13.8. The first-order valence-electron chi connectivity index (χ1n) is 7.12. The number of thiophene rings is 1. The topological polar surface area (TPSA) is 74.8 Å². The molecule has 1 fully saturated rings. The lowest BCUT2D eigenvalue weighted by atomic mass is 10.3. The molecule has 6 nitrogen and oxygen atoms in total. The summed E-state index contributed by atoms with van der Waals surface area (Å²) in [7, 11) is -7.58. The summed E-state index contributed by atoms with van der Waals surface area (Å²) in [6.07, 6.45) is 0. The molecular weight excluding hydrogens is 375 g/mol. The average molecular weight is 390 g/mol. The van der Waals surface area contributed by atoms with Crippen molar-refractivity contribution in [2.75, 3.05) is 26.2 Å². The maximum atomic E-state index is 13.8. The van der Waals surface area contributed by atoms with Gasteiger partial charge >= 0.3 is 0 Å². The minimum atomic E-state index is -3.98. The number of hydrogen-bond acceptors (Lipinski definition) is 5. The van der Waals surface area contributed by atoms with Crippen LogP contribution >= 0.6 is 11.3 Å². The van der Waals surface area contributed by atoms with E-state index in [9.17, 15) is 21.2 Å². The third-order valence-corrected chi connectivity index (χ3v) is 8.94. The van der Waals surface area contributed by atoms with Crippen molar-refractivity contribution < 1.29 is 21.2 Å². The quantitative estimate of drug-likeness (QED) is 0.794. The maximum Gasteiger partial charge on any atom is 0.252 e. The zero-order valence-electron chi connectivity index (χ0n) is 12.5. The van der Waals surface area contributed by atoms with Gasteiger partial charge < -0.3 is 0 Å². The number of benzene rings is 1. The lowest BCUT2D eigenvalue weighted by Gasteiger charge is -2.32. The van der Waals surface area contributed by atoms with Gasteiger partial charge in [0.2, 0.25) is 10.0 Å². The zero-order chi connectivity index (χ0) is 17.4. The molecule has 3 rings (SSSR count). The van der Waals surface area contributed by atoms with Crippen molar-refractivity contribution in [1.29, 1.82) is 0 Å². The number of rotatable bonds is 4. The number of sulfonamides is 2. The second-order valence-electron chi connectivity index (χ2n) is 5.17. The van der Waals surface area contributed by atoms with Gasteiger partial charge in [-0.25, -0.2) is 21.2 Å². The molecule has 0 spiro atoms. The standard InChI is InChI=1S/C14H15FN2O4S3/c15-12-4-1-2-5-13(12)23(18,19)16-7-9-17(10-8-16)24(20,21)14-6-3-11-22-14/h1-6,11H,7-10H2. The highest BCUT2D eigenvalue weighted by Gasteiger charge is 2.35. The molecule has 2 aromatic rings. The van der Waals surface area contributed by atoms with E-state index in [1.54, 1.807) is 11.4 Å². The van der Waals surface area contributed by atoms with Gasteiger partial charge in [0.15, 0.2) is 0 Å². The summed E-state index contributed by atoms with van der Waals surface area (Å²) in [5.74, 6) is -0.814. The van der Waals surface area contributed by atoms with Crippen molar-refractivity contribution in [3.63, 3.8) is 0 Å². The average Bonchev–Trinajstić information content (AvgIpc) is 3.10. The summed E-state index contributed by atoms with van der Waals surface area (Å²) in [5.41, 5.74) is 0. The van der Waals surface area contributed by atoms with Gasteiger partial charge in [0.1, 0.15) is 14.9 Å². The van der Waals surface area contributed by atoms with E-state index in [0.717, 1.165) is 21.7 Å². The van der Waals surface area contributed by atoms with Crippen LogP contribution in [0.15, 0.2) is 50.9 Å². The van der Waals surface area contributed by atoms with E-state index in [2.05, 4.69) is 0 Å². The molecule has 1 aliphatic rings. The van der Waals surface area contributed by atoms with Crippen molar-refractivity contribution in [3.8, 4) is 0 Å². The molecule has 1 aliphatic heterocycles. The summed E-state index contributed by atoms with van der Waals surface area (Å²) in [5, 5.41) is 1.67. The Labute approximate surface area is 144 Å². The van der Waals surface area contributed by atoms with Crippen LogP contribution in [0.4, 0.5) is 4.39 Å². The fourth-order valence-electron chi connectivity index (χ4n) is 2.48. The van der Waals surface area contributed by atoms with Crippen LogP contribution in [-0.2, 0) is 20.0 Å². The molecule has 1 aromatic carbocycles. The van der Waals surface area contributed by atoms with Crippen LogP contribution in [0, 0.1) is 5.82 Å². The van der Waals surface area contributed by atoms with E-state index in [-0.39, 0.29) is 35.3 Å². The Morgan fingerprint density at radius 3 is 1.96 bits per heavy atom. The molecule has 10 heteroatoms. The van der Waals surface area contributed by atoms with Crippen LogP contribution in [-0.4, -0.2) is 51.6 Å². The van der Waals surface area contributed by atoms with Crippen LogP contribution in [0.1, 0.15) is 0 Å². The Hall–Kier alpha value is -1.33. The predicted octanol–water partition coefficient (Wildman–Crippen LogP) is 1.58. The molecule has 0 radical (unpaired) electrons. The van der Waals surface area contributed by atoms with Crippen molar-refractivity contribution >= 4 is 31.4 Å². The zero-order valence-corrected chi connectivity index (χ0v) is 14.9. The smallest absolute Gasteiger partial charge is 0.207 e. The first-order valence-corrected chi connectivity index (χ1v) is 10.9. The summed E-state index contributed by atoms with van der Waals surface area (Å²) < 4.78 is 66.3. The minimum Gasteiger partial charge on any atom is -0.207 e. The molecule has 0 atom stereocenters. The normalized spacial score (nSPS) is 17.9. The van der Waals surface area contributed by atoms with E-state index >= 15 is 0 Å². The Bertz CT molecular complexity index is 919. The lowest BCUT2D eigenvalue weighted by molar-refractivity contribution is 0.272. The van der Waals surface area contributed by atoms with E-state index in [0.29, 0.717) is 0 Å². The van der Waals surface area contributed by atoms with Gasteiger partial charge in [0.05, 0.1) is 0 Å². The van der Waals surface area contributed by atoms with Crippen molar-refractivity contribution in [2.24, 2.45) is 0 Å². The van der Waals surface area contributed by atoms with Gasteiger partial charge in [-0.15, -0.1) is 11.3 Å². The van der Waals surface area contributed by atoms with Crippen molar-refractivity contribution in [3.05, 3.63) is 47.6 Å². The molecule has 2 heterocycles. The molecular formula is C14H15FN2O4S3. The molecule has 0 aliphatic carbocycles.